The van der Waals surface area contributed by atoms with Gasteiger partial charge in [0, 0.05) is 18.7 Å². The van der Waals surface area contributed by atoms with E-state index in [-0.39, 0.29) is 11.7 Å². The van der Waals surface area contributed by atoms with Crippen LogP contribution in [0.1, 0.15) is 5.56 Å². The van der Waals surface area contributed by atoms with Crippen molar-refractivity contribution >= 4 is 23.4 Å². The number of benzene rings is 2. The lowest BCUT2D eigenvalue weighted by molar-refractivity contribution is -0.113. The largest absolute Gasteiger partial charge is 0.497 e. The number of nitrogens with one attached hydrogen (secondary N) is 1. The van der Waals surface area contributed by atoms with E-state index < -0.39 is 0 Å². The third kappa shape index (κ3) is 4.45. The molecule has 0 unspecified atom stereocenters. The van der Waals surface area contributed by atoms with Gasteiger partial charge in [-0.05, 0) is 19.1 Å². The summed E-state index contributed by atoms with van der Waals surface area (Å²) in [6, 6.07) is 13.3. The van der Waals surface area contributed by atoms with Crippen molar-refractivity contribution in [2.45, 2.75) is 12.1 Å². The monoisotopic (exact) mass is 398 g/mol. The highest BCUT2D eigenvalue weighted by atomic mass is 32.2. The maximum Gasteiger partial charge on any atom is 0.234 e. The summed E-state index contributed by atoms with van der Waals surface area (Å²) in [6.07, 6.45) is 0. The molecule has 0 atom stereocenters. The second-order valence-corrected chi connectivity index (χ2v) is 7.08. The van der Waals surface area contributed by atoms with Crippen molar-refractivity contribution in [2.75, 3.05) is 25.3 Å². The van der Waals surface area contributed by atoms with Crippen LogP contribution < -0.4 is 14.8 Å². The van der Waals surface area contributed by atoms with Gasteiger partial charge >= 0.3 is 0 Å². The molecule has 8 heteroatoms. The highest BCUT2D eigenvalue weighted by Crippen LogP contribution is 2.29. The molecule has 0 aliphatic carbocycles. The molecular formula is C20H22N4O3S. The van der Waals surface area contributed by atoms with Gasteiger partial charge < -0.3 is 19.4 Å². The van der Waals surface area contributed by atoms with Crippen molar-refractivity contribution < 1.29 is 14.3 Å². The number of nitrogens with zero attached hydrogens (tertiary/aromatic N) is 3. The molecule has 0 saturated heterocycles. The maximum atomic E-state index is 12.4. The van der Waals surface area contributed by atoms with Gasteiger partial charge in [0.25, 0.3) is 0 Å². The van der Waals surface area contributed by atoms with Crippen molar-refractivity contribution in [3.8, 4) is 22.9 Å². The Balaban J connectivity index is 1.66. The van der Waals surface area contributed by atoms with Crippen LogP contribution >= 0.6 is 11.8 Å². The Labute approximate surface area is 168 Å². The second-order valence-electron chi connectivity index (χ2n) is 6.13. The zero-order chi connectivity index (χ0) is 20.1. The molecule has 28 heavy (non-hydrogen) atoms. The quantitative estimate of drug-likeness (QED) is 0.614. The zero-order valence-corrected chi connectivity index (χ0v) is 17.0. The molecule has 0 aliphatic rings. The number of carbonyl (C=O) groups excluding carboxylic acids is 1. The van der Waals surface area contributed by atoms with Crippen molar-refractivity contribution in [3.05, 3.63) is 48.0 Å². The number of aryl methyl sites for hydroxylation is 1. The van der Waals surface area contributed by atoms with Gasteiger partial charge in [-0.15, -0.1) is 10.2 Å². The number of ether oxygens (including phenoxy) is 2. The van der Waals surface area contributed by atoms with Crippen LogP contribution in [0.4, 0.5) is 5.69 Å². The lowest BCUT2D eigenvalue weighted by Gasteiger charge is -2.11. The first-order valence-corrected chi connectivity index (χ1v) is 9.61. The second kappa shape index (κ2) is 8.79. The third-order valence-corrected chi connectivity index (χ3v) is 5.18. The SMILES string of the molecule is COc1ccc(OC)c(NC(=O)CSc2nnc(-c3ccc(C)cc3)n2C)c1. The number of amides is 1. The highest BCUT2D eigenvalue weighted by molar-refractivity contribution is 7.99. The number of hydrogen-bond acceptors (Lipinski definition) is 6. The Kier molecular flexibility index (Phi) is 6.20. The average Bonchev–Trinajstić information content (AvgIpc) is 3.07. The van der Waals surface area contributed by atoms with E-state index in [9.17, 15) is 4.79 Å². The molecule has 146 valence electrons. The lowest BCUT2D eigenvalue weighted by atomic mass is 10.1. The molecule has 0 saturated carbocycles. The van der Waals surface area contributed by atoms with E-state index in [0.717, 1.165) is 11.4 Å². The molecule has 1 amide bonds. The predicted molar refractivity (Wildman–Crippen MR) is 110 cm³/mol. The van der Waals surface area contributed by atoms with Gasteiger partial charge in [0.2, 0.25) is 5.91 Å². The number of hydrogen-bond donors (Lipinski definition) is 1. The van der Waals surface area contributed by atoms with Crippen LogP contribution in [0.15, 0.2) is 47.6 Å². The molecule has 3 rings (SSSR count). The van der Waals surface area contributed by atoms with Crippen LogP contribution in [0.2, 0.25) is 0 Å². The van der Waals surface area contributed by atoms with Crippen LogP contribution in [0, 0.1) is 6.92 Å². The number of anilines is 1. The normalized spacial score (nSPS) is 10.6. The zero-order valence-electron chi connectivity index (χ0n) is 16.2. The number of aromatic nitrogens is 3. The van der Waals surface area contributed by atoms with Gasteiger partial charge in [0.1, 0.15) is 11.5 Å². The molecule has 1 heterocycles. The smallest absolute Gasteiger partial charge is 0.234 e. The van der Waals surface area contributed by atoms with Crippen molar-refractivity contribution in [1.82, 2.24) is 14.8 Å². The van der Waals surface area contributed by atoms with Gasteiger partial charge in [-0.3, -0.25) is 4.79 Å². The minimum absolute atomic E-state index is 0.170. The molecule has 0 spiro atoms. The van der Waals surface area contributed by atoms with Crippen LogP contribution in [0.25, 0.3) is 11.4 Å². The number of methoxy groups -OCH3 is 2. The first-order valence-electron chi connectivity index (χ1n) is 8.63. The fraction of sp³-hybridized carbons (Fsp3) is 0.250. The number of rotatable bonds is 7. The first kappa shape index (κ1) is 19.8. The summed E-state index contributed by atoms with van der Waals surface area (Å²) in [5.74, 6) is 1.99. The summed E-state index contributed by atoms with van der Waals surface area (Å²) in [5.41, 5.74) is 2.73. The maximum absolute atomic E-state index is 12.4. The minimum Gasteiger partial charge on any atom is -0.497 e. The predicted octanol–water partition coefficient (Wildman–Crippen LogP) is 3.54. The van der Waals surface area contributed by atoms with Crippen molar-refractivity contribution in [1.29, 1.82) is 0 Å². The fourth-order valence-corrected chi connectivity index (χ4v) is 3.33. The molecule has 2 aromatic carbocycles. The molecule has 7 nitrogen and oxygen atoms in total. The first-order chi connectivity index (χ1) is 13.5. The van der Waals surface area contributed by atoms with E-state index in [4.69, 9.17) is 9.47 Å². The van der Waals surface area contributed by atoms with Gasteiger partial charge in [-0.1, -0.05) is 41.6 Å². The van der Waals surface area contributed by atoms with Crippen LogP contribution in [0.3, 0.4) is 0 Å². The van der Waals surface area contributed by atoms with Gasteiger partial charge in [-0.25, -0.2) is 0 Å². The van der Waals surface area contributed by atoms with Gasteiger partial charge in [-0.2, -0.15) is 0 Å². The highest BCUT2D eigenvalue weighted by Gasteiger charge is 2.14. The summed E-state index contributed by atoms with van der Waals surface area (Å²) in [5, 5.41) is 12.0. The van der Waals surface area contributed by atoms with E-state index in [2.05, 4.69) is 15.5 Å². The number of carbonyl (C=O) groups is 1. The Morgan fingerprint density at radius 2 is 1.86 bits per heavy atom. The van der Waals surface area contributed by atoms with Gasteiger partial charge in [0.05, 0.1) is 25.7 Å². The minimum atomic E-state index is -0.170. The lowest BCUT2D eigenvalue weighted by Crippen LogP contribution is -2.15. The molecule has 1 aromatic heterocycles. The molecule has 1 N–H and O–H groups in total. The van der Waals surface area contributed by atoms with Crippen LogP contribution in [-0.4, -0.2) is 40.6 Å². The van der Waals surface area contributed by atoms with E-state index in [1.54, 1.807) is 32.4 Å². The molecule has 0 fully saturated rings. The van der Waals surface area contributed by atoms with E-state index in [1.807, 2.05) is 42.8 Å². The van der Waals surface area contributed by atoms with Crippen molar-refractivity contribution in [3.63, 3.8) is 0 Å². The summed E-state index contributed by atoms with van der Waals surface area (Å²) in [7, 11) is 5.02. The van der Waals surface area contributed by atoms with Crippen molar-refractivity contribution in [2.24, 2.45) is 7.05 Å². The third-order valence-electron chi connectivity index (χ3n) is 4.16. The standard InChI is InChI=1S/C20H22N4O3S/c1-13-5-7-14(8-6-13)19-22-23-20(24(19)2)28-12-18(25)21-16-11-15(26-3)9-10-17(16)27-4/h5-11H,12H2,1-4H3,(H,21,25). The van der Waals surface area contributed by atoms with E-state index in [1.165, 1.54) is 17.3 Å². The van der Waals surface area contributed by atoms with E-state index in [0.29, 0.717) is 22.3 Å². The summed E-state index contributed by atoms with van der Waals surface area (Å²) < 4.78 is 12.4. The van der Waals surface area contributed by atoms with Crippen LogP contribution in [0.5, 0.6) is 11.5 Å². The van der Waals surface area contributed by atoms with Gasteiger partial charge in [0.15, 0.2) is 11.0 Å². The Bertz CT molecular complexity index is 970. The van der Waals surface area contributed by atoms with Crippen LogP contribution in [-0.2, 0) is 11.8 Å². The Morgan fingerprint density at radius 3 is 2.54 bits per heavy atom. The van der Waals surface area contributed by atoms with E-state index >= 15 is 0 Å². The summed E-state index contributed by atoms with van der Waals surface area (Å²) >= 11 is 1.32. The average molecular weight is 398 g/mol. The molecule has 3 aromatic rings. The molecular weight excluding hydrogens is 376 g/mol. The number of thioether (sulfide) groups is 1. The summed E-state index contributed by atoms with van der Waals surface area (Å²) in [6.45, 7) is 2.04. The Hall–Kier alpha value is -3.00. The fourth-order valence-electron chi connectivity index (χ4n) is 2.62. The topological polar surface area (TPSA) is 78.3 Å². The molecule has 0 bridgehead atoms. The molecule has 0 radical (unpaired) electrons. The Morgan fingerprint density at radius 1 is 1.11 bits per heavy atom. The molecule has 0 aliphatic heterocycles. The summed E-state index contributed by atoms with van der Waals surface area (Å²) in [4.78, 5) is 12.4.